The molecule has 3 rings (SSSR count). The number of benzene rings is 1. The molecular formula is C19H18ClN5O3. The maximum absolute atomic E-state index is 12.2. The first-order valence-corrected chi connectivity index (χ1v) is 8.93. The van der Waals surface area contributed by atoms with Crippen LogP contribution < -0.4 is 5.32 Å². The number of aliphatic hydroxyl groups excluding tert-OH is 1. The third kappa shape index (κ3) is 4.22. The quantitative estimate of drug-likeness (QED) is 0.657. The molecule has 0 aliphatic heterocycles. The molecule has 144 valence electrons. The molecule has 1 amide bonds. The maximum atomic E-state index is 12.2. The lowest BCUT2D eigenvalue weighted by Gasteiger charge is -2.12. The van der Waals surface area contributed by atoms with Crippen molar-refractivity contribution in [1.29, 1.82) is 5.26 Å². The van der Waals surface area contributed by atoms with Gasteiger partial charge in [0.05, 0.1) is 22.3 Å². The summed E-state index contributed by atoms with van der Waals surface area (Å²) >= 11 is 6.08. The van der Waals surface area contributed by atoms with Gasteiger partial charge in [0.2, 0.25) is 5.89 Å². The van der Waals surface area contributed by atoms with Crippen molar-refractivity contribution in [3.05, 3.63) is 58.9 Å². The molecule has 2 N–H and O–H groups in total. The van der Waals surface area contributed by atoms with Gasteiger partial charge in [-0.1, -0.05) is 17.7 Å². The first kappa shape index (κ1) is 19.6. The molecule has 3 aromatic rings. The maximum Gasteiger partial charge on any atom is 0.273 e. The van der Waals surface area contributed by atoms with E-state index < -0.39 is 12.0 Å². The molecule has 0 saturated carbocycles. The molecule has 28 heavy (non-hydrogen) atoms. The first-order chi connectivity index (χ1) is 13.4. The van der Waals surface area contributed by atoms with E-state index in [0.29, 0.717) is 22.8 Å². The number of aliphatic hydroxyl groups is 1. The lowest BCUT2D eigenvalue weighted by atomic mass is 10.1. The highest BCUT2D eigenvalue weighted by Gasteiger charge is 2.16. The molecule has 2 heterocycles. The number of nitrogens with one attached hydrogen (secondary N) is 1. The number of hydrogen-bond donors (Lipinski definition) is 2. The van der Waals surface area contributed by atoms with Crippen LogP contribution in [0.5, 0.6) is 0 Å². The Labute approximate surface area is 166 Å². The van der Waals surface area contributed by atoms with E-state index in [4.69, 9.17) is 21.3 Å². The molecule has 0 saturated heterocycles. The van der Waals surface area contributed by atoms with Gasteiger partial charge in [0.25, 0.3) is 5.91 Å². The highest BCUT2D eigenvalue weighted by atomic mass is 35.5. The minimum atomic E-state index is -0.876. The number of nitrogens with zero attached hydrogens (tertiary/aromatic N) is 4. The van der Waals surface area contributed by atoms with E-state index in [1.807, 2.05) is 19.1 Å². The van der Waals surface area contributed by atoms with E-state index in [1.54, 1.807) is 29.1 Å². The Hall–Kier alpha value is -3.15. The number of rotatable bonds is 6. The average Bonchev–Trinajstić information content (AvgIpc) is 3.35. The van der Waals surface area contributed by atoms with Crippen molar-refractivity contribution in [1.82, 2.24) is 20.1 Å². The molecule has 0 radical (unpaired) electrons. The second-order valence-electron chi connectivity index (χ2n) is 6.29. The molecule has 0 fully saturated rings. The molecule has 0 spiro atoms. The van der Waals surface area contributed by atoms with E-state index in [2.05, 4.69) is 15.4 Å². The number of carbonyl (C=O) groups excluding carboxylic acids is 1. The van der Waals surface area contributed by atoms with Crippen LogP contribution in [0.3, 0.4) is 0 Å². The summed E-state index contributed by atoms with van der Waals surface area (Å²) in [5.41, 5.74) is 2.03. The van der Waals surface area contributed by atoms with Crippen LogP contribution >= 0.6 is 11.6 Å². The Morgan fingerprint density at radius 2 is 2.21 bits per heavy atom. The summed E-state index contributed by atoms with van der Waals surface area (Å²) < 4.78 is 6.77. The molecule has 0 aliphatic rings. The summed E-state index contributed by atoms with van der Waals surface area (Å²) in [4.78, 5) is 16.1. The Balaban J connectivity index is 1.64. The number of hydrogen-bond acceptors (Lipinski definition) is 6. The van der Waals surface area contributed by atoms with Gasteiger partial charge in [-0.3, -0.25) is 9.48 Å². The van der Waals surface area contributed by atoms with Gasteiger partial charge < -0.3 is 14.8 Å². The van der Waals surface area contributed by atoms with Crippen LogP contribution in [0.4, 0.5) is 0 Å². The third-order valence-electron chi connectivity index (χ3n) is 4.12. The van der Waals surface area contributed by atoms with Gasteiger partial charge in [0.1, 0.15) is 18.4 Å². The molecule has 2 unspecified atom stereocenters. The van der Waals surface area contributed by atoms with Gasteiger partial charge in [-0.25, -0.2) is 4.98 Å². The molecule has 0 aliphatic carbocycles. The topological polar surface area (TPSA) is 117 Å². The first-order valence-electron chi connectivity index (χ1n) is 8.56. The molecule has 0 bridgehead atoms. The summed E-state index contributed by atoms with van der Waals surface area (Å²) in [6.07, 6.45) is 2.14. The highest BCUT2D eigenvalue weighted by Crippen LogP contribution is 2.24. The molecule has 8 nitrogen and oxygen atoms in total. The SMILES string of the molecule is CC(O)c1nc(C(=O)NCC(C)n2ccc(-c3ccc(C#N)c(Cl)c3)n2)co1. The lowest BCUT2D eigenvalue weighted by molar-refractivity contribution is 0.0942. The van der Waals surface area contributed by atoms with E-state index >= 15 is 0 Å². The number of aromatic nitrogens is 3. The predicted octanol–water partition coefficient (Wildman–Crippen LogP) is 3.11. The standard InChI is InChI=1S/C19H18ClN5O3/c1-11(9-22-18(27)17-10-28-19(23-17)12(2)26)25-6-5-16(24-25)13-3-4-14(8-21)15(20)7-13/h3-7,10-12,26H,9H2,1-2H3,(H,22,27). The largest absolute Gasteiger partial charge is 0.445 e. The minimum absolute atomic E-state index is 0.0935. The van der Waals surface area contributed by atoms with Crippen molar-refractivity contribution in [3.63, 3.8) is 0 Å². The number of nitriles is 1. The highest BCUT2D eigenvalue weighted by molar-refractivity contribution is 6.32. The fourth-order valence-electron chi connectivity index (χ4n) is 2.51. The average molecular weight is 400 g/mol. The van der Waals surface area contributed by atoms with Crippen LogP contribution in [-0.4, -0.2) is 32.3 Å². The van der Waals surface area contributed by atoms with Gasteiger partial charge in [-0.2, -0.15) is 10.4 Å². The van der Waals surface area contributed by atoms with Gasteiger partial charge in [0.15, 0.2) is 5.69 Å². The summed E-state index contributed by atoms with van der Waals surface area (Å²) in [6, 6.07) is 8.88. The van der Waals surface area contributed by atoms with E-state index in [-0.39, 0.29) is 17.6 Å². The van der Waals surface area contributed by atoms with Crippen molar-refractivity contribution < 1.29 is 14.3 Å². The molecular weight excluding hydrogens is 382 g/mol. The molecule has 2 atom stereocenters. The second kappa shape index (κ2) is 8.25. The van der Waals surface area contributed by atoms with Crippen molar-refractivity contribution in [3.8, 4) is 17.3 Å². The summed E-state index contributed by atoms with van der Waals surface area (Å²) in [7, 11) is 0. The Bertz CT molecular complexity index is 1030. The van der Waals surface area contributed by atoms with E-state index in [0.717, 1.165) is 5.56 Å². The third-order valence-corrected chi connectivity index (χ3v) is 4.43. The molecule has 1 aromatic carbocycles. The van der Waals surface area contributed by atoms with Gasteiger partial charge in [0, 0.05) is 18.3 Å². The zero-order valence-corrected chi connectivity index (χ0v) is 16.0. The van der Waals surface area contributed by atoms with E-state index in [9.17, 15) is 9.90 Å². The normalized spacial score (nSPS) is 13.0. The smallest absolute Gasteiger partial charge is 0.273 e. The van der Waals surface area contributed by atoms with Gasteiger partial charge >= 0.3 is 0 Å². The number of halogens is 1. The van der Waals surface area contributed by atoms with Crippen LogP contribution in [0.15, 0.2) is 41.1 Å². The molecule has 2 aromatic heterocycles. The summed E-state index contributed by atoms with van der Waals surface area (Å²) in [5.74, 6) is -0.301. The fourth-order valence-corrected chi connectivity index (χ4v) is 2.73. The Kier molecular flexibility index (Phi) is 5.78. The van der Waals surface area contributed by atoms with Crippen molar-refractivity contribution in [2.24, 2.45) is 0 Å². The van der Waals surface area contributed by atoms with Crippen LogP contribution in [-0.2, 0) is 0 Å². The van der Waals surface area contributed by atoms with Gasteiger partial charge in [-0.15, -0.1) is 0 Å². The van der Waals surface area contributed by atoms with Crippen LogP contribution in [0.25, 0.3) is 11.3 Å². The van der Waals surface area contributed by atoms with Crippen molar-refractivity contribution >= 4 is 17.5 Å². The second-order valence-corrected chi connectivity index (χ2v) is 6.70. The minimum Gasteiger partial charge on any atom is -0.445 e. The summed E-state index contributed by atoms with van der Waals surface area (Å²) in [6.45, 7) is 3.74. The van der Waals surface area contributed by atoms with E-state index in [1.165, 1.54) is 13.2 Å². The summed E-state index contributed by atoms with van der Waals surface area (Å²) in [5, 5.41) is 26.0. The number of amides is 1. The lowest BCUT2D eigenvalue weighted by Crippen LogP contribution is -2.30. The van der Waals surface area contributed by atoms with Crippen LogP contribution in [0.2, 0.25) is 5.02 Å². The Morgan fingerprint density at radius 1 is 1.43 bits per heavy atom. The van der Waals surface area contributed by atoms with Crippen molar-refractivity contribution in [2.75, 3.05) is 6.54 Å². The number of oxazole rings is 1. The molecule has 9 heteroatoms. The van der Waals surface area contributed by atoms with Gasteiger partial charge in [-0.05, 0) is 32.0 Å². The van der Waals surface area contributed by atoms with Crippen LogP contribution in [0.1, 0.15) is 47.9 Å². The Morgan fingerprint density at radius 3 is 2.86 bits per heavy atom. The predicted molar refractivity (Wildman–Crippen MR) is 102 cm³/mol. The van der Waals surface area contributed by atoms with Crippen molar-refractivity contribution in [2.45, 2.75) is 26.0 Å². The zero-order chi connectivity index (χ0) is 20.3. The van der Waals surface area contributed by atoms with Crippen LogP contribution in [0, 0.1) is 11.3 Å². The monoisotopic (exact) mass is 399 g/mol. The zero-order valence-electron chi connectivity index (χ0n) is 15.3. The fraction of sp³-hybridized carbons (Fsp3) is 0.263. The number of carbonyl (C=O) groups is 1.